The molecular formula is C18H17BrO4. The molecule has 2 aromatic carbocycles. The zero-order chi connectivity index (χ0) is 17.2. The van der Waals surface area contributed by atoms with Gasteiger partial charge in [-0.25, -0.2) is 9.59 Å². The monoisotopic (exact) mass is 376 g/mol. The minimum atomic E-state index is -1.16. The highest BCUT2D eigenvalue weighted by molar-refractivity contribution is 9.10. The van der Waals surface area contributed by atoms with E-state index in [0.717, 1.165) is 5.56 Å². The van der Waals surface area contributed by atoms with Gasteiger partial charge in [-0.15, -0.1) is 0 Å². The number of hydrogen-bond donors (Lipinski definition) is 1. The summed E-state index contributed by atoms with van der Waals surface area (Å²) in [6.07, 6.45) is 0. The molecule has 0 heterocycles. The molecule has 0 amide bonds. The summed E-state index contributed by atoms with van der Waals surface area (Å²) in [5.74, 6) is -1.72. The normalized spacial score (nSPS) is 11.1. The molecule has 120 valence electrons. The Morgan fingerprint density at radius 1 is 1.04 bits per heavy atom. The summed E-state index contributed by atoms with van der Waals surface area (Å²) in [7, 11) is 0. The van der Waals surface area contributed by atoms with Gasteiger partial charge in [0.05, 0.1) is 5.56 Å². The number of ether oxygens (including phenoxy) is 1. The Hall–Kier alpha value is -2.14. The van der Waals surface area contributed by atoms with Crippen LogP contribution in [0.15, 0.2) is 46.9 Å². The van der Waals surface area contributed by atoms with Crippen LogP contribution in [0.4, 0.5) is 0 Å². The third-order valence-electron chi connectivity index (χ3n) is 3.36. The number of benzene rings is 2. The van der Waals surface area contributed by atoms with Gasteiger partial charge in [-0.3, -0.25) is 0 Å². The van der Waals surface area contributed by atoms with Gasteiger partial charge in [-0.05, 0) is 41.3 Å². The summed E-state index contributed by atoms with van der Waals surface area (Å²) >= 11 is 3.20. The number of carbonyl (C=O) groups is 2. The van der Waals surface area contributed by atoms with Gasteiger partial charge >= 0.3 is 11.9 Å². The van der Waals surface area contributed by atoms with Crippen molar-refractivity contribution in [1.82, 2.24) is 0 Å². The van der Waals surface area contributed by atoms with Crippen molar-refractivity contribution < 1.29 is 19.4 Å². The zero-order valence-corrected chi connectivity index (χ0v) is 14.7. The Labute approximate surface area is 143 Å². The fraction of sp³-hybridized carbons (Fsp3) is 0.222. The van der Waals surface area contributed by atoms with Gasteiger partial charge in [0.2, 0.25) is 0 Å². The van der Waals surface area contributed by atoms with Gasteiger partial charge in [0, 0.05) is 4.47 Å². The maximum absolute atomic E-state index is 12.2. The molecule has 0 unspecified atom stereocenters. The molecule has 0 atom stereocenters. The lowest BCUT2D eigenvalue weighted by Gasteiger charge is -2.19. The number of aromatic carboxylic acids is 1. The first-order chi connectivity index (χ1) is 10.7. The highest BCUT2D eigenvalue weighted by Gasteiger charge is 2.18. The van der Waals surface area contributed by atoms with E-state index in [9.17, 15) is 14.7 Å². The van der Waals surface area contributed by atoms with Crippen LogP contribution in [0.25, 0.3) is 0 Å². The van der Waals surface area contributed by atoms with Crippen molar-refractivity contribution in [2.24, 2.45) is 0 Å². The second-order valence-corrected chi connectivity index (χ2v) is 7.08. The summed E-state index contributed by atoms with van der Waals surface area (Å²) in [5.41, 5.74) is 1.39. The van der Waals surface area contributed by atoms with Crippen molar-refractivity contribution in [1.29, 1.82) is 0 Å². The fourth-order valence-electron chi connectivity index (χ4n) is 2.02. The van der Waals surface area contributed by atoms with E-state index in [4.69, 9.17) is 4.74 Å². The minimum absolute atomic E-state index is 0.00931. The highest BCUT2D eigenvalue weighted by Crippen LogP contribution is 2.25. The maximum atomic E-state index is 12.2. The molecule has 0 aromatic heterocycles. The lowest BCUT2D eigenvalue weighted by molar-refractivity contribution is 0.0681. The molecule has 0 radical (unpaired) electrons. The zero-order valence-electron chi connectivity index (χ0n) is 13.1. The molecule has 0 saturated heterocycles. The summed E-state index contributed by atoms with van der Waals surface area (Å²) < 4.78 is 5.83. The molecule has 23 heavy (non-hydrogen) atoms. The predicted molar refractivity (Wildman–Crippen MR) is 91.2 cm³/mol. The maximum Gasteiger partial charge on any atom is 0.343 e. The van der Waals surface area contributed by atoms with E-state index >= 15 is 0 Å². The van der Waals surface area contributed by atoms with E-state index < -0.39 is 11.9 Å². The van der Waals surface area contributed by atoms with Crippen LogP contribution in [0, 0.1) is 0 Å². The predicted octanol–water partition coefficient (Wildman–Crippen LogP) is 4.66. The number of carboxylic acids is 1. The smallest absolute Gasteiger partial charge is 0.343 e. The Morgan fingerprint density at radius 2 is 1.65 bits per heavy atom. The lowest BCUT2D eigenvalue weighted by atomic mass is 9.87. The van der Waals surface area contributed by atoms with Crippen LogP contribution < -0.4 is 4.74 Å². The Balaban J connectivity index is 2.24. The average molecular weight is 377 g/mol. The van der Waals surface area contributed by atoms with Crippen molar-refractivity contribution in [3.63, 3.8) is 0 Å². The summed E-state index contributed by atoms with van der Waals surface area (Å²) in [6, 6.07) is 11.6. The van der Waals surface area contributed by atoms with Crippen LogP contribution in [-0.2, 0) is 5.41 Å². The second kappa shape index (κ2) is 6.54. The second-order valence-electron chi connectivity index (χ2n) is 6.16. The van der Waals surface area contributed by atoms with Crippen molar-refractivity contribution in [3.05, 3.63) is 63.6 Å². The van der Waals surface area contributed by atoms with Gasteiger partial charge in [-0.1, -0.05) is 48.8 Å². The number of hydrogen-bond acceptors (Lipinski definition) is 3. The van der Waals surface area contributed by atoms with Crippen LogP contribution in [0.1, 0.15) is 47.1 Å². The van der Waals surface area contributed by atoms with Gasteiger partial charge in [0.1, 0.15) is 11.3 Å². The Bertz CT molecular complexity index is 743. The minimum Gasteiger partial charge on any atom is -0.478 e. The molecule has 2 rings (SSSR count). The van der Waals surface area contributed by atoms with Gasteiger partial charge < -0.3 is 9.84 Å². The van der Waals surface area contributed by atoms with E-state index in [1.165, 1.54) is 12.1 Å². The largest absolute Gasteiger partial charge is 0.478 e. The molecule has 0 saturated carbocycles. The molecule has 2 aromatic rings. The molecular weight excluding hydrogens is 360 g/mol. The first-order valence-electron chi connectivity index (χ1n) is 7.04. The highest BCUT2D eigenvalue weighted by atomic mass is 79.9. The molecule has 0 bridgehead atoms. The van der Waals surface area contributed by atoms with Gasteiger partial charge in [0.25, 0.3) is 0 Å². The SMILES string of the molecule is CC(C)(C)c1ccc(C(=O)Oc2ccc(Br)cc2C(=O)O)cc1. The van der Waals surface area contributed by atoms with Crippen LogP contribution in [-0.4, -0.2) is 17.0 Å². The van der Waals surface area contributed by atoms with Crippen molar-refractivity contribution >= 4 is 27.9 Å². The quantitative estimate of drug-likeness (QED) is 0.624. The van der Waals surface area contributed by atoms with Gasteiger partial charge in [-0.2, -0.15) is 0 Å². The van der Waals surface area contributed by atoms with E-state index in [0.29, 0.717) is 10.0 Å². The first-order valence-corrected chi connectivity index (χ1v) is 7.83. The Morgan fingerprint density at radius 3 is 2.17 bits per heavy atom. The molecule has 0 aliphatic heterocycles. The van der Waals surface area contributed by atoms with Crippen LogP contribution in [0.2, 0.25) is 0 Å². The van der Waals surface area contributed by atoms with Crippen LogP contribution >= 0.6 is 15.9 Å². The average Bonchev–Trinajstić information content (AvgIpc) is 2.48. The van der Waals surface area contributed by atoms with Crippen LogP contribution in [0.3, 0.4) is 0 Å². The third kappa shape index (κ3) is 4.20. The molecule has 0 fully saturated rings. The molecule has 1 N–H and O–H groups in total. The number of halogens is 1. The lowest BCUT2D eigenvalue weighted by Crippen LogP contribution is -2.14. The standard InChI is InChI=1S/C18H17BrO4/c1-18(2,3)12-6-4-11(5-7-12)17(22)23-15-9-8-13(19)10-14(15)16(20)21/h4-10H,1-3H3,(H,20,21). The molecule has 0 spiro atoms. The molecule has 5 heteroatoms. The summed E-state index contributed by atoms with van der Waals surface area (Å²) in [4.78, 5) is 23.4. The number of carboxylic acid groups (broad SMARTS) is 1. The van der Waals surface area contributed by atoms with Crippen molar-refractivity contribution in [2.75, 3.05) is 0 Å². The number of carbonyl (C=O) groups excluding carboxylic acids is 1. The first kappa shape index (κ1) is 17.2. The van der Waals surface area contributed by atoms with Crippen molar-refractivity contribution in [3.8, 4) is 5.75 Å². The number of rotatable bonds is 3. The van der Waals surface area contributed by atoms with E-state index in [2.05, 4.69) is 36.7 Å². The van der Waals surface area contributed by atoms with Gasteiger partial charge in [0.15, 0.2) is 0 Å². The molecule has 4 nitrogen and oxygen atoms in total. The summed E-state index contributed by atoms with van der Waals surface area (Å²) in [5, 5.41) is 9.19. The fourth-order valence-corrected chi connectivity index (χ4v) is 2.38. The van der Waals surface area contributed by atoms with E-state index in [1.54, 1.807) is 18.2 Å². The number of esters is 1. The summed E-state index contributed by atoms with van der Waals surface area (Å²) in [6.45, 7) is 6.25. The topological polar surface area (TPSA) is 63.6 Å². The van der Waals surface area contributed by atoms with Crippen molar-refractivity contribution in [2.45, 2.75) is 26.2 Å². The molecule has 0 aliphatic rings. The van der Waals surface area contributed by atoms with E-state index in [-0.39, 0.29) is 16.7 Å². The third-order valence-corrected chi connectivity index (χ3v) is 3.85. The van der Waals surface area contributed by atoms with E-state index in [1.807, 2.05) is 12.1 Å². The molecule has 0 aliphatic carbocycles. The Kier molecular flexibility index (Phi) is 4.90. The van der Waals surface area contributed by atoms with Crippen LogP contribution in [0.5, 0.6) is 5.75 Å².